The number of aliphatic hydroxyl groups excluding tert-OH is 1. The first-order chi connectivity index (χ1) is 24.9. The number of quaternary nitrogens is 1. The molecular weight excluding hydrogens is 665 g/mol. The summed E-state index contributed by atoms with van der Waals surface area (Å²) in [6.07, 6.45) is 18.8. The molecule has 0 amide bonds. The van der Waals surface area contributed by atoms with Gasteiger partial charge in [0.15, 0.2) is 5.78 Å². The van der Waals surface area contributed by atoms with Crippen molar-refractivity contribution < 1.29 is 35.3 Å². The van der Waals surface area contributed by atoms with E-state index in [4.69, 9.17) is 10.5 Å². The molecule has 2 heterocycles. The second-order valence-corrected chi connectivity index (χ2v) is 21.2. The Morgan fingerprint density at radius 3 is 2.36 bits per heavy atom. The maximum absolute atomic E-state index is 14.1. The Kier molecular flexibility index (Phi) is 11.0. The van der Waals surface area contributed by atoms with Crippen molar-refractivity contribution in [1.29, 1.82) is 0 Å². The highest BCUT2D eigenvalue weighted by Gasteiger charge is 2.74. The second-order valence-electron chi connectivity index (χ2n) is 21.2. The predicted octanol–water partition coefficient (Wildman–Crippen LogP) is 5.92. The van der Waals surface area contributed by atoms with E-state index in [9.17, 15) is 25.2 Å². The van der Waals surface area contributed by atoms with Gasteiger partial charge in [-0.15, -0.1) is 0 Å². The topological polar surface area (TPSA) is 153 Å². The zero-order valence-electron chi connectivity index (χ0n) is 34.3. The van der Waals surface area contributed by atoms with Gasteiger partial charge in [0.05, 0.1) is 29.5 Å². The summed E-state index contributed by atoms with van der Waals surface area (Å²) in [4.78, 5) is 14.1. The van der Waals surface area contributed by atoms with Crippen LogP contribution < -0.4 is 11.1 Å². The molecule has 0 aromatic carbocycles. The molecule has 302 valence electrons. The number of piperidine rings is 1. The Labute approximate surface area is 320 Å². The maximum Gasteiger partial charge on any atom is 0.159 e. The zero-order valence-corrected chi connectivity index (χ0v) is 34.3. The fourth-order valence-electron chi connectivity index (χ4n) is 14.1. The molecule has 0 bridgehead atoms. The first kappa shape index (κ1) is 40.3. The molecule has 4 saturated carbocycles. The standard InChI is InChI=1S/C45H76N2O6/c1-7-19-44(51,39-38(53-39)43(6,50)40(2,3)20-15-29-18-23-47-36(46)24-29)35-17-22-45(52)33-26-34(49)32-25-31(48)16-21-41(32,4)37(33)30(27-42(35,45)5)14-13-28-11-9-8-10-12-28/h26,28-32,35-39,47-48,50-52H,7-25,27,46H2,1-6H3/p+1. The molecule has 53 heavy (non-hydrogen) atoms. The molecule has 0 radical (unpaired) electrons. The molecule has 6 fully saturated rings. The number of rotatable bonds is 12. The third kappa shape index (κ3) is 6.76. The lowest BCUT2D eigenvalue weighted by atomic mass is 9.42. The third-order valence-corrected chi connectivity index (χ3v) is 17.8. The number of fused-ring (bicyclic) bond motifs is 5. The summed E-state index contributed by atoms with van der Waals surface area (Å²) in [5.41, 5.74) is 2.27. The van der Waals surface area contributed by atoms with Gasteiger partial charge in [-0.25, -0.2) is 0 Å². The van der Waals surface area contributed by atoms with Gasteiger partial charge in [-0.2, -0.15) is 0 Å². The van der Waals surface area contributed by atoms with Crippen molar-refractivity contribution in [3.63, 3.8) is 0 Å². The molecule has 0 spiro atoms. The molecule has 14 unspecified atom stereocenters. The summed E-state index contributed by atoms with van der Waals surface area (Å²) < 4.78 is 6.54. The Morgan fingerprint density at radius 2 is 1.66 bits per heavy atom. The minimum absolute atomic E-state index is 0.0747. The molecule has 7 aliphatic rings. The van der Waals surface area contributed by atoms with Crippen molar-refractivity contribution in [3.05, 3.63) is 11.6 Å². The maximum atomic E-state index is 14.1. The van der Waals surface area contributed by atoms with Gasteiger partial charge in [-0.05, 0) is 130 Å². The smallest absolute Gasteiger partial charge is 0.159 e. The average molecular weight is 742 g/mol. The number of hydrogen-bond donors (Lipinski definition) is 6. The molecule has 5 aliphatic carbocycles. The monoisotopic (exact) mass is 742 g/mol. The molecule has 8 heteroatoms. The summed E-state index contributed by atoms with van der Waals surface area (Å²) in [6.45, 7) is 13.9. The molecule has 14 atom stereocenters. The Balaban J connectivity index is 1.18. The molecular formula is C45H77N2O6+. The van der Waals surface area contributed by atoms with E-state index in [0.717, 1.165) is 69.4 Å². The fraction of sp³-hybridized carbons (Fsp3) is 0.933. The van der Waals surface area contributed by atoms with Gasteiger partial charge >= 0.3 is 0 Å². The molecule has 8 nitrogen and oxygen atoms in total. The quantitative estimate of drug-likeness (QED) is 0.136. The summed E-state index contributed by atoms with van der Waals surface area (Å²) >= 11 is 0. The van der Waals surface area contributed by atoms with Crippen molar-refractivity contribution in [1.82, 2.24) is 0 Å². The Hall–Kier alpha value is -0.870. The van der Waals surface area contributed by atoms with E-state index >= 15 is 0 Å². The zero-order chi connectivity index (χ0) is 38.2. The highest BCUT2D eigenvalue weighted by molar-refractivity contribution is 5.95. The normalized spacial score (nSPS) is 45.7. The number of carbonyl (C=O) groups excluding carboxylic acids is 1. The lowest BCUT2D eigenvalue weighted by molar-refractivity contribution is -0.699. The van der Waals surface area contributed by atoms with E-state index in [1.54, 1.807) is 0 Å². The first-order valence-corrected chi connectivity index (χ1v) is 22.3. The molecule has 0 aromatic rings. The number of ether oxygens (including phenoxy) is 1. The van der Waals surface area contributed by atoms with Crippen LogP contribution in [-0.4, -0.2) is 74.0 Å². The Bertz CT molecular complexity index is 1380. The van der Waals surface area contributed by atoms with Gasteiger partial charge in [0.2, 0.25) is 0 Å². The van der Waals surface area contributed by atoms with Crippen LogP contribution in [0, 0.1) is 51.8 Å². The van der Waals surface area contributed by atoms with Crippen LogP contribution in [0.2, 0.25) is 0 Å². The van der Waals surface area contributed by atoms with Crippen molar-refractivity contribution in [2.75, 3.05) is 6.54 Å². The number of allylic oxidation sites excluding steroid dienone is 1. The van der Waals surface area contributed by atoms with Gasteiger partial charge in [0, 0.05) is 17.8 Å². The van der Waals surface area contributed by atoms with E-state index in [1.807, 2.05) is 13.0 Å². The van der Waals surface area contributed by atoms with Gasteiger partial charge in [0.25, 0.3) is 0 Å². The van der Waals surface area contributed by atoms with Gasteiger partial charge < -0.3 is 30.5 Å². The minimum atomic E-state index is -1.22. The summed E-state index contributed by atoms with van der Waals surface area (Å²) in [7, 11) is 0. The third-order valence-electron chi connectivity index (χ3n) is 17.8. The van der Waals surface area contributed by atoms with Crippen LogP contribution in [0.1, 0.15) is 164 Å². The molecule has 2 saturated heterocycles. The highest BCUT2D eigenvalue weighted by Crippen LogP contribution is 2.72. The molecule has 8 N–H and O–H groups in total. The van der Waals surface area contributed by atoms with Crippen LogP contribution in [0.4, 0.5) is 0 Å². The van der Waals surface area contributed by atoms with Crippen molar-refractivity contribution >= 4 is 5.78 Å². The highest BCUT2D eigenvalue weighted by atomic mass is 16.6. The van der Waals surface area contributed by atoms with E-state index in [-0.39, 0.29) is 35.1 Å². The average Bonchev–Trinajstić information content (AvgIpc) is 3.88. The number of epoxide rings is 1. The predicted molar refractivity (Wildman–Crippen MR) is 207 cm³/mol. The van der Waals surface area contributed by atoms with Crippen LogP contribution in [-0.2, 0) is 9.53 Å². The van der Waals surface area contributed by atoms with Crippen LogP contribution in [0.25, 0.3) is 0 Å². The van der Waals surface area contributed by atoms with E-state index < -0.39 is 45.9 Å². The van der Waals surface area contributed by atoms with Gasteiger partial charge in [-0.3, -0.25) is 10.5 Å². The van der Waals surface area contributed by atoms with E-state index in [0.29, 0.717) is 43.9 Å². The van der Waals surface area contributed by atoms with Gasteiger partial charge in [0.1, 0.15) is 18.4 Å². The van der Waals surface area contributed by atoms with Crippen molar-refractivity contribution in [3.8, 4) is 0 Å². The summed E-state index contributed by atoms with van der Waals surface area (Å²) in [5.74, 6) is 1.32. The van der Waals surface area contributed by atoms with Crippen molar-refractivity contribution in [2.45, 2.75) is 205 Å². The van der Waals surface area contributed by atoms with Crippen LogP contribution in [0.3, 0.4) is 0 Å². The number of aliphatic hydroxyl groups is 4. The van der Waals surface area contributed by atoms with E-state index in [1.165, 1.54) is 38.5 Å². The summed E-state index contributed by atoms with van der Waals surface area (Å²) in [5, 5.41) is 51.8. The minimum Gasteiger partial charge on any atom is -0.393 e. The first-order valence-electron chi connectivity index (χ1n) is 22.3. The van der Waals surface area contributed by atoms with Crippen molar-refractivity contribution in [2.24, 2.45) is 57.5 Å². The van der Waals surface area contributed by atoms with Crippen LogP contribution in [0.15, 0.2) is 11.6 Å². The number of carbonyl (C=O) groups is 1. The van der Waals surface area contributed by atoms with Crippen LogP contribution in [0.5, 0.6) is 0 Å². The van der Waals surface area contributed by atoms with E-state index in [2.05, 4.69) is 39.9 Å². The number of nitrogens with two attached hydrogens (primary N) is 2. The molecule has 7 rings (SSSR count). The number of ketones is 1. The van der Waals surface area contributed by atoms with Crippen LogP contribution >= 0.6 is 0 Å². The largest absolute Gasteiger partial charge is 0.393 e. The molecule has 2 aliphatic heterocycles. The SMILES string of the molecule is CCCC(O)(C1OC1C(C)(O)C(C)(C)CCC1CC[NH2+]C(N)C1)C1CCC2(O)C3=CC(=O)C4CC(O)CCC4(C)C3C(CCC3CCCCC3)CC12C. The fourth-order valence-corrected chi connectivity index (χ4v) is 14.1. The lowest BCUT2D eigenvalue weighted by Crippen LogP contribution is -2.94. The lowest BCUT2D eigenvalue weighted by Gasteiger charge is -2.63. The van der Waals surface area contributed by atoms with Gasteiger partial charge in [-0.1, -0.05) is 79.6 Å². The Morgan fingerprint density at radius 1 is 0.925 bits per heavy atom. The summed E-state index contributed by atoms with van der Waals surface area (Å²) in [6, 6.07) is 0. The second kappa shape index (κ2) is 14.5. The number of hydrogen-bond acceptors (Lipinski definition) is 7. The molecule has 0 aromatic heterocycles.